The van der Waals surface area contributed by atoms with E-state index in [0.717, 1.165) is 12.8 Å². The van der Waals surface area contributed by atoms with Gasteiger partial charge in [0.2, 0.25) is 5.91 Å². The molecule has 0 saturated carbocycles. The number of carbonyl (C=O) groups excluding carboxylic acids is 2. The van der Waals surface area contributed by atoms with Crippen LogP contribution in [0.25, 0.3) is 0 Å². The second-order valence-corrected chi connectivity index (χ2v) is 6.96. The first-order valence-corrected chi connectivity index (χ1v) is 9.02. The average Bonchev–Trinajstić information content (AvgIpc) is 3.05. The fourth-order valence-electron chi connectivity index (χ4n) is 3.33. The van der Waals surface area contributed by atoms with E-state index in [2.05, 4.69) is 15.5 Å². The number of hydrogen-bond acceptors (Lipinski definition) is 6. The van der Waals surface area contributed by atoms with E-state index in [1.807, 2.05) is 4.90 Å². The average molecular weight is 384 g/mol. The Morgan fingerprint density at radius 1 is 1.31 bits per heavy atom. The molecule has 1 aromatic rings. The van der Waals surface area contributed by atoms with Crippen LogP contribution in [0.5, 0.6) is 0 Å². The zero-order valence-electron chi connectivity index (χ0n) is 14.5. The summed E-state index contributed by atoms with van der Waals surface area (Å²) in [6.45, 7) is 3.92. The van der Waals surface area contributed by atoms with Crippen molar-refractivity contribution in [2.45, 2.75) is 38.3 Å². The van der Waals surface area contributed by atoms with Gasteiger partial charge in [-0.1, -0.05) is 11.6 Å². The molecule has 2 aliphatic rings. The zero-order chi connectivity index (χ0) is 18.7. The van der Waals surface area contributed by atoms with Crippen LogP contribution < -0.4 is 15.8 Å². The molecule has 3 heterocycles. The Hall–Kier alpha value is -2.29. The normalized spacial score (nSPS) is 20.9. The Morgan fingerprint density at radius 3 is 2.73 bits per heavy atom. The number of nitrogens with one attached hydrogen (secondary N) is 2. The molecule has 0 bridgehead atoms. The number of alkyl carbamates (subject to hydrolysis) is 1. The molecule has 0 aromatic carbocycles. The number of hydrogen-bond donors (Lipinski definition) is 2. The summed E-state index contributed by atoms with van der Waals surface area (Å²) in [4.78, 5) is 38.6. The lowest BCUT2D eigenvalue weighted by molar-refractivity contribution is -0.129. The van der Waals surface area contributed by atoms with E-state index in [4.69, 9.17) is 16.3 Å². The molecule has 26 heavy (non-hydrogen) atoms. The third kappa shape index (κ3) is 4.27. The van der Waals surface area contributed by atoms with Crippen LogP contribution in [-0.4, -0.2) is 65.4 Å². The minimum atomic E-state index is -0.451. The third-order valence-corrected chi connectivity index (χ3v) is 5.16. The SMILES string of the molecule is CC(=O)N1CCC(NC(=O)O[C@@H]2CCN(c3cn[nH]c(=O)c3Cl)C2)CC1. The fraction of sp³-hybridized carbons (Fsp3) is 0.625. The van der Waals surface area contributed by atoms with Crippen molar-refractivity contribution in [2.75, 3.05) is 31.1 Å². The van der Waals surface area contributed by atoms with Gasteiger partial charge in [-0.25, -0.2) is 9.89 Å². The van der Waals surface area contributed by atoms with Crippen LogP contribution in [0.1, 0.15) is 26.2 Å². The Balaban J connectivity index is 1.47. The number of H-pyrrole nitrogens is 1. The van der Waals surface area contributed by atoms with Crippen LogP contribution >= 0.6 is 11.6 Å². The van der Waals surface area contributed by atoms with Crippen molar-refractivity contribution in [3.05, 3.63) is 21.6 Å². The molecule has 1 aromatic heterocycles. The van der Waals surface area contributed by atoms with Gasteiger partial charge in [-0.3, -0.25) is 9.59 Å². The van der Waals surface area contributed by atoms with Gasteiger partial charge in [0.15, 0.2) is 0 Å². The number of ether oxygens (including phenoxy) is 1. The predicted molar refractivity (Wildman–Crippen MR) is 95.4 cm³/mol. The number of halogens is 1. The fourth-order valence-corrected chi connectivity index (χ4v) is 3.54. The number of nitrogens with zero attached hydrogens (tertiary/aromatic N) is 3. The van der Waals surface area contributed by atoms with Gasteiger partial charge in [-0.2, -0.15) is 5.10 Å². The molecule has 2 fully saturated rings. The first kappa shape index (κ1) is 18.5. The van der Waals surface area contributed by atoms with Crippen molar-refractivity contribution in [3.8, 4) is 0 Å². The van der Waals surface area contributed by atoms with Gasteiger partial charge in [-0.15, -0.1) is 0 Å². The summed E-state index contributed by atoms with van der Waals surface area (Å²) in [7, 11) is 0. The summed E-state index contributed by atoms with van der Waals surface area (Å²) in [5.74, 6) is 0.0602. The minimum absolute atomic E-state index is 0.0157. The molecule has 2 aliphatic heterocycles. The summed E-state index contributed by atoms with van der Waals surface area (Å²) in [6, 6.07) is 0.0157. The highest BCUT2D eigenvalue weighted by Gasteiger charge is 2.29. The number of piperidine rings is 1. The topological polar surface area (TPSA) is 108 Å². The van der Waals surface area contributed by atoms with Crippen molar-refractivity contribution in [3.63, 3.8) is 0 Å². The van der Waals surface area contributed by atoms with E-state index >= 15 is 0 Å². The number of aromatic amines is 1. The first-order valence-electron chi connectivity index (χ1n) is 8.65. The third-order valence-electron chi connectivity index (χ3n) is 4.80. The van der Waals surface area contributed by atoms with Gasteiger partial charge in [0.25, 0.3) is 5.56 Å². The number of rotatable bonds is 3. The number of likely N-dealkylation sites (tertiary alicyclic amines) is 1. The van der Waals surface area contributed by atoms with Gasteiger partial charge in [0.1, 0.15) is 11.1 Å². The van der Waals surface area contributed by atoms with Crippen molar-refractivity contribution in [1.29, 1.82) is 0 Å². The Kier molecular flexibility index (Phi) is 5.65. The highest BCUT2D eigenvalue weighted by atomic mass is 35.5. The first-order chi connectivity index (χ1) is 12.4. The molecule has 2 N–H and O–H groups in total. The predicted octanol–water partition coefficient (Wildman–Crippen LogP) is 0.739. The van der Waals surface area contributed by atoms with E-state index in [9.17, 15) is 14.4 Å². The van der Waals surface area contributed by atoms with Gasteiger partial charge >= 0.3 is 6.09 Å². The van der Waals surface area contributed by atoms with Crippen LogP contribution in [-0.2, 0) is 9.53 Å². The van der Waals surface area contributed by atoms with E-state index in [1.54, 1.807) is 11.8 Å². The van der Waals surface area contributed by atoms with Crippen molar-refractivity contribution < 1.29 is 14.3 Å². The molecule has 10 heteroatoms. The molecular formula is C16H22ClN5O4. The van der Waals surface area contributed by atoms with Gasteiger partial charge < -0.3 is 19.9 Å². The summed E-state index contributed by atoms with van der Waals surface area (Å²) in [5.41, 5.74) is 0.0988. The Labute approximate surface area is 155 Å². The highest BCUT2D eigenvalue weighted by Crippen LogP contribution is 2.25. The monoisotopic (exact) mass is 383 g/mol. The number of aromatic nitrogens is 2. The number of anilines is 1. The van der Waals surface area contributed by atoms with Gasteiger partial charge in [0, 0.05) is 39.0 Å². The standard InChI is InChI=1S/C16H22ClN5O4/c1-10(23)21-5-2-11(3-6-21)19-16(25)26-12-4-7-22(9-12)13-8-18-20-15(24)14(13)17/h8,11-12H,2-7,9H2,1H3,(H,19,25)(H,20,24)/t12-/m1/s1. The van der Waals surface area contributed by atoms with Crippen LogP contribution in [0.15, 0.2) is 11.0 Å². The molecule has 2 amide bonds. The van der Waals surface area contributed by atoms with Gasteiger partial charge in [0.05, 0.1) is 18.4 Å². The molecule has 0 spiro atoms. The second kappa shape index (κ2) is 7.94. The van der Waals surface area contributed by atoms with Crippen LogP contribution in [0.3, 0.4) is 0 Å². The molecular weight excluding hydrogens is 362 g/mol. The lowest BCUT2D eigenvalue weighted by Gasteiger charge is -2.31. The molecule has 0 radical (unpaired) electrons. The quantitative estimate of drug-likeness (QED) is 0.797. The summed E-state index contributed by atoms with van der Waals surface area (Å²) >= 11 is 6.02. The lowest BCUT2D eigenvalue weighted by atomic mass is 10.1. The molecule has 1 atom stereocenters. The summed E-state index contributed by atoms with van der Waals surface area (Å²) in [5, 5.41) is 8.99. The maximum absolute atomic E-state index is 12.1. The summed E-state index contributed by atoms with van der Waals surface area (Å²) in [6.07, 6.45) is 2.86. The molecule has 9 nitrogen and oxygen atoms in total. The van der Waals surface area contributed by atoms with Crippen LogP contribution in [0.4, 0.5) is 10.5 Å². The Morgan fingerprint density at radius 2 is 2.04 bits per heavy atom. The largest absolute Gasteiger partial charge is 0.444 e. The van der Waals surface area contributed by atoms with Crippen LogP contribution in [0.2, 0.25) is 5.02 Å². The second-order valence-electron chi connectivity index (χ2n) is 6.59. The maximum Gasteiger partial charge on any atom is 0.407 e. The number of amides is 2. The van der Waals surface area contributed by atoms with E-state index in [0.29, 0.717) is 38.3 Å². The zero-order valence-corrected chi connectivity index (χ0v) is 15.3. The number of carbonyl (C=O) groups is 2. The molecule has 2 saturated heterocycles. The van der Waals surface area contributed by atoms with E-state index in [-0.39, 0.29) is 23.1 Å². The maximum atomic E-state index is 12.1. The molecule has 0 aliphatic carbocycles. The van der Waals surface area contributed by atoms with E-state index in [1.165, 1.54) is 6.20 Å². The highest BCUT2D eigenvalue weighted by molar-refractivity contribution is 6.33. The van der Waals surface area contributed by atoms with Crippen LogP contribution in [0, 0.1) is 0 Å². The van der Waals surface area contributed by atoms with Crippen molar-refractivity contribution in [2.24, 2.45) is 0 Å². The van der Waals surface area contributed by atoms with E-state index < -0.39 is 11.7 Å². The van der Waals surface area contributed by atoms with Crippen molar-refractivity contribution in [1.82, 2.24) is 20.4 Å². The Bertz CT molecular complexity index is 732. The lowest BCUT2D eigenvalue weighted by Crippen LogP contribution is -2.46. The molecule has 0 unspecified atom stereocenters. The smallest absolute Gasteiger partial charge is 0.407 e. The summed E-state index contributed by atoms with van der Waals surface area (Å²) < 4.78 is 5.49. The minimum Gasteiger partial charge on any atom is -0.444 e. The molecule has 3 rings (SSSR count). The molecule has 142 valence electrons. The van der Waals surface area contributed by atoms with Gasteiger partial charge in [-0.05, 0) is 12.8 Å². The van der Waals surface area contributed by atoms with Crippen molar-refractivity contribution >= 4 is 29.3 Å².